The van der Waals surface area contributed by atoms with Crippen LogP contribution < -0.4 is 14.8 Å². The number of methoxy groups -OCH3 is 1. The average Bonchev–Trinajstić information content (AvgIpc) is 3.14. The molecule has 0 unspecified atom stereocenters. The van der Waals surface area contributed by atoms with Gasteiger partial charge in [-0.05, 0) is 55.5 Å². The van der Waals surface area contributed by atoms with E-state index >= 15 is 0 Å². The zero-order chi connectivity index (χ0) is 20.6. The number of benzene rings is 2. The number of hydrogen-bond donors (Lipinski definition) is 1. The van der Waals surface area contributed by atoms with Crippen LogP contribution in [0.1, 0.15) is 12.7 Å². The van der Waals surface area contributed by atoms with E-state index in [1.165, 1.54) is 11.8 Å². The Hall–Kier alpha value is -2.52. The van der Waals surface area contributed by atoms with Gasteiger partial charge in [-0.15, -0.1) is 10.2 Å². The van der Waals surface area contributed by atoms with Crippen molar-refractivity contribution in [3.05, 3.63) is 58.8 Å². The Morgan fingerprint density at radius 1 is 1.10 bits per heavy atom. The fraction of sp³-hybridized carbons (Fsp3) is 0.250. The second kappa shape index (κ2) is 10.3. The van der Waals surface area contributed by atoms with E-state index in [4.69, 9.17) is 9.47 Å². The third kappa shape index (κ3) is 5.98. The third-order valence-corrected chi connectivity index (χ3v) is 5.49. The topological polar surface area (TPSA) is 78.3 Å². The number of anilines is 1. The molecule has 0 atom stereocenters. The summed E-state index contributed by atoms with van der Waals surface area (Å²) in [6.45, 7) is 2.98. The third-order valence-electron chi connectivity index (χ3n) is 4.00. The van der Waals surface area contributed by atoms with Crippen LogP contribution in [0, 0.1) is 0 Å². The lowest BCUT2D eigenvalue weighted by molar-refractivity contribution is -0.113. The van der Waals surface area contributed by atoms with E-state index in [2.05, 4.69) is 31.4 Å². The van der Waals surface area contributed by atoms with Gasteiger partial charge in [0.25, 0.3) is 0 Å². The van der Waals surface area contributed by atoms with Gasteiger partial charge in [-0.1, -0.05) is 27.7 Å². The lowest BCUT2D eigenvalue weighted by atomic mass is 10.3. The van der Waals surface area contributed by atoms with Crippen LogP contribution in [0.4, 0.5) is 5.69 Å². The Morgan fingerprint density at radius 2 is 1.79 bits per heavy atom. The van der Waals surface area contributed by atoms with Crippen molar-refractivity contribution >= 4 is 39.3 Å². The van der Waals surface area contributed by atoms with E-state index in [0.29, 0.717) is 24.1 Å². The maximum absolute atomic E-state index is 12.2. The number of hydrogen-bond acceptors (Lipinski definition) is 6. The van der Waals surface area contributed by atoms with E-state index in [-0.39, 0.29) is 11.7 Å². The van der Waals surface area contributed by atoms with E-state index in [1.807, 2.05) is 60.0 Å². The fourth-order valence-electron chi connectivity index (χ4n) is 2.53. The van der Waals surface area contributed by atoms with Gasteiger partial charge in [0.2, 0.25) is 5.91 Å². The molecule has 0 aliphatic rings. The largest absolute Gasteiger partial charge is 0.497 e. The summed E-state index contributed by atoms with van der Waals surface area (Å²) in [7, 11) is 1.62. The lowest BCUT2D eigenvalue weighted by Crippen LogP contribution is -2.14. The number of rotatable bonds is 9. The Balaban J connectivity index is 1.55. The van der Waals surface area contributed by atoms with Gasteiger partial charge >= 0.3 is 0 Å². The molecule has 1 aromatic heterocycles. The minimum absolute atomic E-state index is 0.0981. The molecule has 0 spiro atoms. The smallest absolute Gasteiger partial charge is 0.234 e. The number of ether oxygens (including phenoxy) is 2. The van der Waals surface area contributed by atoms with E-state index in [9.17, 15) is 4.79 Å². The Morgan fingerprint density at radius 3 is 2.45 bits per heavy atom. The van der Waals surface area contributed by atoms with Crippen LogP contribution >= 0.6 is 27.7 Å². The van der Waals surface area contributed by atoms with Crippen molar-refractivity contribution in [2.75, 3.05) is 18.2 Å². The molecule has 0 radical (unpaired) electrons. The highest BCUT2D eigenvalue weighted by Crippen LogP contribution is 2.21. The summed E-state index contributed by atoms with van der Waals surface area (Å²) in [4.78, 5) is 12.2. The van der Waals surface area contributed by atoms with Crippen LogP contribution in [-0.2, 0) is 17.9 Å². The maximum atomic E-state index is 12.2. The van der Waals surface area contributed by atoms with Crippen molar-refractivity contribution < 1.29 is 14.3 Å². The van der Waals surface area contributed by atoms with Gasteiger partial charge in [0.15, 0.2) is 11.0 Å². The molecule has 1 heterocycles. The van der Waals surface area contributed by atoms with Crippen LogP contribution in [0.5, 0.6) is 11.5 Å². The summed E-state index contributed by atoms with van der Waals surface area (Å²) in [5, 5.41) is 12.0. The van der Waals surface area contributed by atoms with Gasteiger partial charge in [-0.2, -0.15) is 0 Å². The molecule has 0 fully saturated rings. The highest BCUT2D eigenvalue weighted by molar-refractivity contribution is 9.10. The van der Waals surface area contributed by atoms with Crippen LogP contribution in [0.15, 0.2) is 58.2 Å². The number of nitrogens with zero attached hydrogens (tertiary/aromatic N) is 3. The Kier molecular flexibility index (Phi) is 7.54. The molecule has 1 amide bonds. The zero-order valence-electron chi connectivity index (χ0n) is 16.1. The average molecular weight is 477 g/mol. The molecule has 152 valence electrons. The molecule has 7 nitrogen and oxygen atoms in total. The van der Waals surface area contributed by atoms with Gasteiger partial charge in [-0.25, -0.2) is 0 Å². The monoisotopic (exact) mass is 476 g/mol. The second-order valence-electron chi connectivity index (χ2n) is 5.95. The summed E-state index contributed by atoms with van der Waals surface area (Å²) in [5.74, 6) is 2.35. The summed E-state index contributed by atoms with van der Waals surface area (Å²) in [6, 6.07) is 14.8. The Bertz CT molecular complexity index is 945. The van der Waals surface area contributed by atoms with Gasteiger partial charge in [0, 0.05) is 16.7 Å². The fourth-order valence-corrected chi connectivity index (χ4v) is 3.62. The zero-order valence-corrected chi connectivity index (χ0v) is 18.5. The minimum atomic E-state index is -0.0981. The molecule has 1 N–H and O–H groups in total. The SMILES string of the molecule is CCn1c(COc2ccc(OC)cc2)nnc1SCC(=O)Nc1ccc(Br)cc1. The number of amides is 1. The van der Waals surface area contributed by atoms with Gasteiger partial charge in [-0.3, -0.25) is 4.79 Å². The molecule has 0 aliphatic carbocycles. The first-order chi connectivity index (χ1) is 14.1. The number of halogens is 1. The predicted molar refractivity (Wildman–Crippen MR) is 117 cm³/mol. The van der Waals surface area contributed by atoms with Crippen molar-refractivity contribution in [3.8, 4) is 11.5 Å². The van der Waals surface area contributed by atoms with Crippen molar-refractivity contribution in [1.82, 2.24) is 14.8 Å². The van der Waals surface area contributed by atoms with Gasteiger partial charge < -0.3 is 19.4 Å². The van der Waals surface area contributed by atoms with Crippen LogP contribution in [0.2, 0.25) is 0 Å². The number of carbonyl (C=O) groups is 1. The highest BCUT2D eigenvalue weighted by Gasteiger charge is 2.14. The first-order valence-electron chi connectivity index (χ1n) is 8.96. The summed E-state index contributed by atoms with van der Waals surface area (Å²) < 4.78 is 13.8. The number of carbonyl (C=O) groups excluding carboxylic acids is 1. The standard InChI is InChI=1S/C20H21BrN4O3S/c1-3-25-18(12-28-17-10-8-16(27-2)9-11-17)23-24-20(25)29-13-19(26)22-15-6-4-14(21)5-7-15/h4-11H,3,12-13H2,1-2H3,(H,22,26). The normalized spacial score (nSPS) is 10.6. The molecule has 3 rings (SSSR count). The summed E-state index contributed by atoms with van der Waals surface area (Å²) >= 11 is 4.72. The van der Waals surface area contributed by atoms with Crippen molar-refractivity contribution in [1.29, 1.82) is 0 Å². The molecule has 29 heavy (non-hydrogen) atoms. The van der Waals surface area contributed by atoms with Crippen molar-refractivity contribution in [3.63, 3.8) is 0 Å². The van der Waals surface area contributed by atoms with Crippen LogP contribution in [0.3, 0.4) is 0 Å². The minimum Gasteiger partial charge on any atom is -0.497 e. The molecule has 0 aliphatic heterocycles. The molecular weight excluding hydrogens is 456 g/mol. The lowest BCUT2D eigenvalue weighted by Gasteiger charge is -2.09. The van der Waals surface area contributed by atoms with E-state index in [1.54, 1.807) is 7.11 Å². The predicted octanol–water partition coefficient (Wildman–Crippen LogP) is 4.38. The molecule has 2 aromatic carbocycles. The van der Waals surface area contributed by atoms with Crippen molar-refractivity contribution in [2.24, 2.45) is 0 Å². The van der Waals surface area contributed by atoms with Gasteiger partial charge in [0.1, 0.15) is 18.1 Å². The summed E-state index contributed by atoms with van der Waals surface area (Å²) in [5.41, 5.74) is 0.754. The molecule has 0 bridgehead atoms. The molecule has 0 saturated carbocycles. The summed E-state index contributed by atoms with van der Waals surface area (Å²) in [6.07, 6.45) is 0. The van der Waals surface area contributed by atoms with Crippen molar-refractivity contribution in [2.45, 2.75) is 25.2 Å². The first kappa shape index (κ1) is 21.2. The first-order valence-corrected chi connectivity index (χ1v) is 10.7. The van der Waals surface area contributed by atoms with Crippen LogP contribution in [0.25, 0.3) is 0 Å². The molecule has 0 saturated heterocycles. The number of thioether (sulfide) groups is 1. The van der Waals surface area contributed by atoms with E-state index < -0.39 is 0 Å². The van der Waals surface area contributed by atoms with Crippen LogP contribution in [-0.4, -0.2) is 33.5 Å². The molecular formula is C20H21BrN4O3S. The highest BCUT2D eigenvalue weighted by atomic mass is 79.9. The molecule has 9 heteroatoms. The Labute approximate surface area is 181 Å². The quantitative estimate of drug-likeness (QED) is 0.461. The van der Waals surface area contributed by atoms with E-state index in [0.717, 1.165) is 21.7 Å². The number of nitrogens with one attached hydrogen (secondary N) is 1. The second-order valence-corrected chi connectivity index (χ2v) is 7.81. The number of aromatic nitrogens is 3. The molecule has 3 aromatic rings. The maximum Gasteiger partial charge on any atom is 0.234 e. The van der Waals surface area contributed by atoms with Gasteiger partial charge in [0.05, 0.1) is 12.9 Å².